The maximum atomic E-state index is 12.5. The highest BCUT2D eigenvalue weighted by atomic mass is 32.2. The lowest BCUT2D eigenvalue weighted by Crippen LogP contribution is -2.48. The number of hydrogen-bond donors (Lipinski definition) is 1. The third kappa shape index (κ3) is 4.50. The second kappa shape index (κ2) is 7.68. The standard InChI is InChI=1S/C17H24N2O2S/c1-12-5-4-6-13(2)19(12)17(21)11-22-16-9-7-15(8-10-16)18-14(3)20/h7-10,12-13H,4-6,11H2,1-3H3,(H,18,20)/t12-,13-/m1/s1. The molecule has 0 bridgehead atoms. The lowest BCUT2D eigenvalue weighted by molar-refractivity contribution is -0.134. The van der Waals surface area contributed by atoms with Crippen LogP contribution in [0.3, 0.4) is 0 Å². The van der Waals surface area contributed by atoms with Crippen LogP contribution >= 0.6 is 11.8 Å². The number of carbonyl (C=O) groups is 2. The van der Waals surface area contributed by atoms with Crippen LogP contribution in [0.1, 0.15) is 40.0 Å². The lowest BCUT2D eigenvalue weighted by Gasteiger charge is -2.39. The highest BCUT2D eigenvalue weighted by Gasteiger charge is 2.28. The Kier molecular flexibility index (Phi) is 5.89. The van der Waals surface area contributed by atoms with Gasteiger partial charge in [-0.2, -0.15) is 0 Å². The number of piperidine rings is 1. The molecule has 1 fully saturated rings. The number of hydrogen-bond acceptors (Lipinski definition) is 3. The second-order valence-electron chi connectivity index (χ2n) is 5.92. The first-order valence-electron chi connectivity index (χ1n) is 7.79. The van der Waals surface area contributed by atoms with Gasteiger partial charge in [0, 0.05) is 29.6 Å². The van der Waals surface area contributed by atoms with E-state index >= 15 is 0 Å². The molecular formula is C17H24N2O2S. The number of amides is 2. The van der Waals surface area contributed by atoms with Crippen molar-refractivity contribution in [3.8, 4) is 0 Å². The van der Waals surface area contributed by atoms with Gasteiger partial charge >= 0.3 is 0 Å². The monoisotopic (exact) mass is 320 g/mol. The molecule has 0 aliphatic carbocycles. The van der Waals surface area contributed by atoms with Gasteiger partial charge in [-0.05, 0) is 57.4 Å². The molecule has 1 aromatic rings. The van der Waals surface area contributed by atoms with Gasteiger partial charge in [-0.25, -0.2) is 0 Å². The number of carbonyl (C=O) groups excluding carboxylic acids is 2. The van der Waals surface area contributed by atoms with E-state index in [0.717, 1.165) is 23.4 Å². The summed E-state index contributed by atoms with van der Waals surface area (Å²) in [6, 6.07) is 8.29. The van der Waals surface area contributed by atoms with E-state index in [2.05, 4.69) is 19.2 Å². The summed E-state index contributed by atoms with van der Waals surface area (Å²) in [5.41, 5.74) is 0.779. The molecule has 0 spiro atoms. The summed E-state index contributed by atoms with van der Waals surface area (Å²) in [4.78, 5) is 26.5. The quantitative estimate of drug-likeness (QED) is 0.864. The van der Waals surface area contributed by atoms with Gasteiger partial charge in [-0.3, -0.25) is 9.59 Å². The predicted octanol–water partition coefficient (Wildman–Crippen LogP) is 3.53. The fraction of sp³-hybridized carbons (Fsp3) is 0.529. The van der Waals surface area contributed by atoms with Crippen molar-refractivity contribution < 1.29 is 9.59 Å². The van der Waals surface area contributed by atoms with Gasteiger partial charge in [0.2, 0.25) is 11.8 Å². The van der Waals surface area contributed by atoms with Crippen LogP contribution < -0.4 is 5.32 Å². The van der Waals surface area contributed by atoms with E-state index in [0.29, 0.717) is 17.8 Å². The average molecular weight is 320 g/mol. The zero-order chi connectivity index (χ0) is 16.1. The summed E-state index contributed by atoms with van der Waals surface area (Å²) in [6.45, 7) is 5.77. The van der Waals surface area contributed by atoms with Gasteiger partial charge in [0.15, 0.2) is 0 Å². The third-order valence-electron chi connectivity index (χ3n) is 4.02. The molecule has 120 valence electrons. The smallest absolute Gasteiger partial charge is 0.233 e. The summed E-state index contributed by atoms with van der Waals surface area (Å²) < 4.78 is 0. The summed E-state index contributed by atoms with van der Waals surface area (Å²) in [5.74, 6) is 0.605. The molecule has 1 aliphatic rings. The second-order valence-corrected chi connectivity index (χ2v) is 6.97. The van der Waals surface area contributed by atoms with Crippen LogP contribution in [0.4, 0.5) is 5.69 Å². The summed E-state index contributed by atoms with van der Waals surface area (Å²) in [6.07, 6.45) is 3.42. The molecule has 1 heterocycles. The van der Waals surface area contributed by atoms with Crippen molar-refractivity contribution >= 4 is 29.3 Å². The predicted molar refractivity (Wildman–Crippen MR) is 91.1 cm³/mol. The fourth-order valence-electron chi connectivity index (χ4n) is 2.97. The Labute approximate surface area is 136 Å². The van der Waals surface area contributed by atoms with E-state index < -0.39 is 0 Å². The summed E-state index contributed by atoms with van der Waals surface area (Å²) >= 11 is 1.55. The minimum atomic E-state index is -0.0799. The van der Waals surface area contributed by atoms with Gasteiger partial charge < -0.3 is 10.2 Å². The topological polar surface area (TPSA) is 49.4 Å². The third-order valence-corrected chi connectivity index (χ3v) is 5.02. The van der Waals surface area contributed by atoms with Crippen molar-refractivity contribution in [3.05, 3.63) is 24.3 Å². The Bertz CT molecular complexity index is 520. The Morgan fingerprint density at radius 1 is 1.18 bits per heavy atom. The van der Waals surface area contributed by atoms with Crippen molar-refractivity contribution in [1.82, 2.24) is 4.90 Å². The largest absolute Gasteiger partial charge is 0.337 e. The molecule has 0 unspecified atom stereocenters. The minimum absolute atomic E-state index is 0.0799. The van der Waals surface area contributed by atoms with Gasteiger partial charge in [-0.15, -0.1) is 11.8 Å². The summed E-state index contributed by atoms with van der Waals surface area (Å²) in [5, 5.41) is 2.74. The van der Waals surface area contributed by atoms with Crippen LogP contribution in [0.2, 0.25) is 0 Å². The molecular weight excluding hydrogens is 296 g/mol. The minimum Gasteiger partial charge on any atom is -0.337 e. The number of likely N-dealkylation sites (tertiary alicyclic amines) is 1. The van der Waals surface area contributed by atoms with Crippen molar-refractivity contribution in [2.24, 2.45) is 0 Å². The van der Waals surface area contributed by atoms with E-state index in [4.69, 9.17) is 0 Å². The van der Waals surface area contributed by atoms with E-state index in [-0.39, 0.29) is 11.8 Å². The van der Waals surface area contributed by atoms with Crippen LogP contribution in [0.5, 0.6) is 0 Å². The van der Waals surface area contributed by atoms with Crippen molar-refractivity contribution in [1.29, 1.82) is 0 Å². The van der Waals surface area contributed by atoms with Crippen molar-refractivity contribution in [3.63, 3.8) is 0 Å². The average Bonchev–Trinajstić information content (AvgIpc) is 2.46. The van der Waals surface area contributed by atoms with Crippen molar-refractivity contribution in [2.75, 3.05) is 11.1 Å². The van der Waals surface area contributed by atoms with Crippen LogP contribution in [0.25, 0.3) is 0 Å². The molecule has 0 saturated carbocycles. The zero-order valence-electron chi connectivity index (χ0n) is 13.5. The van der Waals surface area contributed by atoms with E-state index in [9.17, 15) is 9.59 Å². The van der Waals surface area contributed by atoms with Gasteiger partial charge in [0.05, 0.1) is 5.75 Å². The van der Waals surface area contributed by atoms with Crippen LogP contribution in [-0.4, -0.2) is 34.6 Å². The molecule has 1 aliphatic heterocycles. The van der Waals surface area contributed by atoms with Gasteiger partial charge in [0.25, 0.3) is 0 Å². The van der Waals surface area contributed by atoms with Gasteiger partial charge in [-0.1, -0.05) is 0 Å². The Morgan fingerprint density at radius 2 is 1.77 bits per heavy atom. The molecule has 1 saturated heterocycles. The highest BCUT2D eigenvalue weighted by Crippen LogP contribution is 2.26. The number of rotatable bonds is 4. The van der Waals surface area contributed by atoms with E-state index in [1.165, 1.54) is 13.3 Å². The number of thioether (sulfide) groups is 1. The first kappa shape index (κ1) is 16.9. The molecule has 4 nitrogen and oxygen atoms in total. The normalized spacial score (nSPS) is 21.5. The molecule has 22 heavy (non-hydrogen) atoms. The zero-order valence-corrected chi connectivity index (χ0v) is 14.3. The molecule has 0 radical (unpaired) electrons. The highest BCUT2D eigenvalue weighted by molar-refractivity contribution is 8.00. The number of nitrogens with one attached hydrogen (secondary N) is 1. The molecule has 1 N–H and O–H groups in total. The van der Waals surface area contributed by atoms with Crippen LogP contribution in [0.15, 0.2) is 29.2 Å². The van der Waals surface area contributed by atoms with E-state index in [1.807, 2.05) is 29.2 Å². The molecule has 0 aromatic heterocycles. The molecule has 5 heteroatoms. The van der Waals surface area contributed by atoms with E-state index in [1.54, 1.807) is 11.8 Å². The van der Waals surface area contributed by atoms with Crippen molar-refractivity contribution in [2.45, 2.75) is 57.0 Å². The Balaban J connectivity index is 1.89. The van der Waals surface area contributed by atoms with Crippen LogP contribution in [0, 0.1) is 0 Å². The first-order chi connectivity index (χ1) is 10.5. The van der Waals surface area contributed by atoms with Crippen LogP contribution in [-0.2, 0) is 9.59 Å². The summed E-state index contributed by atoms with van der Waals surface area (Å²) in [7, 11) is 0. The SMILES string of the molecule is CC(=O)Nc1ccc(SCC(=O)N2[C@H](C)CCC[C@H]2C)cc1. The number of benzene rings is 1. The number of anilines is 1. The molecule has 2 atom stereocenters. The fourth-order valence-corrected chi connectivity index (χ4v) is 3.74. The maximum absolute atomic E-state index is 12.5. The molecule has 2 rings (SSSR count). The first-order valence-corrected chi connectivity index (χ1v) is 8.77. The molecule has 1 aromatic carbocycles. The Hall–Kier alpha value is -1.49. The number of nitrogens with zero attached hydrogens (tertiary/aromatic N) is 1. The van der Waals surface area contributed by atoms with Gasteiger partial charge in [0.1, 0.15) is 0 Å². The maximum Gasteiger partial charge on any atom is 0.233 e. The molecule has 2 amide bonds. The Morgan fingerprint density at radius 3 is 2.32 bits per heavy atom. The lowest BCUT2D eigenvalue weighted by atomic mass is 9.98.